The topological polar surface area (TPSA) is 26.3 Å². The summed E-state index contributed by atoms with van der Waals surface area (Å²) in [6.45, 7) is 4.57. The molecule has 2 nitrogen and oxygen atoms in total. The highest BCUT2D eigenvalue weighted by Crippen LogP contribution is 2.17. The van der Waals surface area contributed by atoms with Gasteiger partial charge >= 0.3 is 5.97 Å². The Bertz CT molecular complexity index is 587. The molecule has 0 radical (unpaired) electrons. The standard InChI is InChI=1S/C21H26O2/c1-3-17(2)9-7-8-10-18-13-15-20(16-14-18)23-21(22)19-11-5-4-6-12-19/h4-6,11-17H,3,7-10H2,1-2H3/t17-/m0/s1. The Labute approximate surface area is 139 Å². The van der Waals surface area contributed by atoms with Gasteiger partial charge in [-0.25, -0.2) is 4.79 Å². The number of aryl methyl sites for hydroxylation is 1. The molecule has 1 atom stereocenters. The van der Waals surface area contributed by atoms with Crippen LogP contribution in [0.3, 0.4) is 0 Å². The molecule has 23 heavy (non-hydrogen) atoms. The molecule has 2 heteroatoms. The van der Waals surface area contributed by atoms with Crippen molar-refractivity contribution in [2.45, 2.75) is 46.0 Å². The Morgan fingerprint density at radius 1 is 1.00 bits per heavy atom. The summed E-state index contributed by atoms with van der Waals surface area (Å²) >= 11 is 0. The second kappa shape index (κ2) is 9.14. The molecule has 0 aliphatic rings. The lowest BCUT2D eigenvalue weighted by atomic mass is 9.99. The van der Waals surface area contributed by atoms with E-state index in [9.17, 15) is 4.79 Å². The number of rotatable bonds is 8. The van der Waals surface area contributed by atoms with Crippen LogP contribution in [0.1, 0.15) is 55.5 Å². The highest BCUT2D eigenvalue weighted by atomic mass is 16.5. The van der Waals surface area contributed by atoms with Crippen LogP contribution >= 0.6 is 0 Å². The van der Waals surface area contributed by atoms with Crippen molar-refractivity contribution < 1.29 is 9.53 Å². The quantitative estimate of drug-likeness (QED) is 0.357. The number of hydrogen-bond acceptors (Lipinski definition) is 2. The molecule has 0 fully saturated rings. The fourth-order valence-corrected chi connectivity index (χ4v) is 2.49. The Morgan fingerprint density at radius 2 is 1.70 bits per heavy atom. The van der Waals surface area contributed by atoms with Crippen molar-refractivity contribution in [2.75, 3.05) is 0 Å². The minimum atomic E-state index is -0.313. The molecular formula is C21H26O2. The van der Waals surface area contributed by atoms with Crippen LogP contribution in [-0.2, 0) is 6.42 Å². The van der Waals surface area contributed by atoms with Gasteiger partial charge in [-0.15, -0.1) is 0 Å². The number of esters is 1. The molecule has 0 heterocycles. The normalized spacial score (nSPS) is 11.9. The molecule has 0 unspecified atom stereocenters. The number of hydrogen-bond donors (Lipinski definition) is 0. The summed E-state index contributed by atoms with van der Waals surface area (Å²) < 4.78 is 5.39. The highest BCUT2D eigenvalue weighted by molar-refractivity contribution is 5.90. The van der Waals surface area contributed by atoms with E-state index in [-0.39, 0.29) is 5.97 Å². The summed E-state index contributed by atoms with van der Waals surface area (Å²) in [5.41, 5.74) is 1.87. The third-order valence-electron chi connectivity index (χ3n) is 4.25. The first-order chi connectivity index (χ1) is 11.2. The van der Waals surface area contributed by atoms with E-state index in [1.165, 1.54) is 31.2 Å². The summed E-state index contributed by atoms with van der Waals surface area (Å²) in [6.07, 6.45) is 6.15. The first kappa shape index (κ1) is 17.3. The van der Waals surface area contributed by atoms with Crippen molar-refractivity contribution in [1.82, 2.24) is 0 Å². The number of ether oxygens (including phenoxy) is 1. The van der Waals surface area contributed by atoms with Crippen LogP contribution in [0.15, 0.2) is 54.6 Å². The van der Waals surface area contributed by atoms with Gasteiger partial charge in [0.1, 0.15) is 5.75 Å². The van der Waals surface area contributed by atoms with Crippen LogP contribution in [0.2, 0.25) is 0 Å². The monoisotopic (exact) mass is 310 g/mol. The van der Waals surface area contributed by atoms with Gasteiger partial charge in [0.25, 0.3) is 0 Å². The molecule has 0 saturated carbocycles. The van der Waals surface area contributed by atoms with Gasteiger partial charge in [-0.1, -0.05) is 63.4 Å². The van der Waals surface area contributed by atoms with Crippen molar-refractivity contribution in [3.05, 3.63) is 65.7 Å². The fourth-order valence-electron chi connectivity index (χ4n) is 2.49. The molecule has 0 spiro atoms. The highest BCUT2D eigenvalue weighted by Gasteiger charge is 2.07. The van der Waals surface area contributed by atoms with E-state index >= 15 is 0 Å². The van der Waals surface area contributed by atoms with Crippen molar-refractivity contribution in [1.29, 1.82) is 0 Å². The van der Waals surface area contributed by atoms with Crippen molar-refractivity contribution in [3.8, 4) is 5.75 Å². The van der Waals surface area contributed by atoms with Crippen LogP contribution in [0.4, 0.5) is 0 Å². The minimum absolute atomic E-state index is 0.313. The zero-order valence-electron chi connectivity index (χ0n) is 14.1. The Balaban J connectivity index is 1.79. The van der Waals surface area contributed by atoms with Crippen LogP contribution in [-0.4, -0.2) is 5.97 Å². The van der Waals surface area contributed by atoms with E-state index in [0.717, 1.165) is 12.3 Å². The zero-order chi connectivity index (χ0) is 16.5. The molecule has 0 aliphatic heterocycles. The van der Waals surface area contributed by atoms with Gasteiger partial charge in [-0.2, -0.15) is 0 Å². The summed E-state index contributed by atoms with van der Waals surface area (Å²) in [5, 5.41) is 0. The number of carbonyl (C=O) groups excluding carboxylic acids is 1. The molecule has 0 saturated heterocycles. The van der Waals surface area contributed by atoms with Gasteiger partial charge in [0, 0.05) is 0 Å². The van der Waals surface area contributed by atoms with Gasteiger partial charge in [0.15, 0.2) is 0 Å². The van der Waals surface area contributed by atoms with Gasteiger partial charge in [-0.05, 0) is 48.6 Å². The molecule has 0 aromatic heterocycles. The molecule has 0 aliphatic carbocycles. The second-order valence-electron chi connectivity index (χ2n) is 6.16. The minimum Gasteiger partial charge on any atom is -0.423 e. The lowest BCUT2D eigenvalue weighted by Crippen LogP contribution is -2.08. The van der Waals surface area contributed by atoms with Gasteiger partial charge in [0.2, 0.25) is 0 Å². The molecule has 2 aromatic carbocycles. The Hall–Kier alpha value is -2.09. The number of benzene rings is 2. The molecule has 2 aromatic rings. The van der Waals surface area contributed by atoms with E-state index in [0.29, 0.717) is 11.3 Å². The largest absolute Gasteiger partial charge is 0.423 e. The smallest absolute Gasteiger partial charge is 0.343 e. The maximum absolute atomic E-state index is 12.0. The predicted molar refractivity (Wildman–Crippen MR) is 94.9 cm³/mol. The van der Waals surface area contributed by atoms with Crippen LogP contribution in [0.25, 0.3) is 0 Å². The molecule has 2 rings (SSSR count). The van der Waals surface area contributed by atoms with E-state index in [1.807, 2.05) is 30.3 Å². The van der Waals surface area contributed by atoms with Crippen LogP contribution < -0.4 is 4.74 Å². The predicted octanol–water partition coefficient (Wildman–Crippen LogP) is 5.66. The average molecular weight is 310 g/mol. The third kappa shape index (κ3) is 5.90. The molecule has 0 bridgehead atoms. The summed E-state index contributed by atoms with van der Waals surface area (Å²) in [4.78, 5) is 12.0. The van der Waals surface area contributed by atoms with Crippen molar-refractivity contribution >= 4 is 5.97 Å². The van der Waals surface area contributed by atoms with E-state index in [1.54, 1.807) is 12.1 Å². The fraction of sp³-hybridized carbons (Fsp3) is 0.381. The van der Waals surface area contributed by atoms with E-state index in [4.69, 9.17) is 4.74 Å². The SMILES string of the molecule is CC[C@H](C)CCCCc1ccc(OC(=O)c2ccccc2)cc1. The van der Waals surface area contributed by atoms with Crippen molar-refractivity contribution in [3.63, 3.8) is 0 Å². The molecule has 122 valence electrons. The van der Waals surface area contributed by atoms with Crippen LogP contribution in [0.5, 0.6) is 5.75 Å². The zero-order valence-corrected chi connectivity index (χ0v) is 14.1. The van der Waals surface area contributed by atoms with Gasteiger partial charge < -0.3 is 4.74 Å². The third-order valence-corrected chi connectivity index (χ3v) is 4.25. The van der Waals surface area contributed by atoms with E-state index < -0.39 is 0 Å². The lowest BCUT2D eigenvalue weighted by Gasteiger charge is -2.08. The average Bonchev–Trinajstić information content (AvgIpc) is 2.60. The van der Waals surface area contributed by atoms with Gasteiger partial charge in [0.05, 0.1) is 5.56 Å². The first-order valence-electron chi connectivity index (χ1n) is 8.55. The second-order valence-corrected chi connectivity index (χ2v) is 6.16. The summed E-state index contributed by atoms with van der Waals surface area (Å²) in [5.74, 6) is 1.11. The maximum atomic E-state index is 12.0. The maximum Gasteiger partial charge on any atom is 0.343 e. The number of unbranched alkanes of at least 4 members (excludes halogenated alkanes) is 1. The van der Waals surface area contributed by atoms with E-state index in [2.05, 4.69) is 26.0 Å². The van der Waals surface area contributed by atoms with Crippen molar-refractivity contribution in [2.24, 2.45) is 5.92 Å². The number of carbonyl (C=O) groups is 1. The summed E-state index contributed by atoms with van der Waals surface area (Å²) in [7, 11) is 0. The Morgan fingerprint density at radius 3 is 2.35 bits per heavy atom. The Kier molecular flexibility index (Phi) is 6.86. The van der Waals surface area contributed by atoms with Crippen LogP contribution in [0, 0.1) is 5.92 Å². The lowest BCUT2D eigenvalue weighted by molar-refractivity contribution is 0.0734. The van der Waals surface area contributed by atoms with Gasteiger partial charge in [-0.3, -0.25) is 0 Å². The molecule has 0 N–H and O–H groups in total. The summed E-state index contributed by atoms with van der Waals surface area (Å²) in [6, 6.07) is 16.9. The molecule has 0 amide bonds. The first-order valence-corrected chi connectivity index (χ1v) is 8.55. The molecular weight excluding hydrogens is 284 g/mol.